The Hall–Kier alpha value is -2.77. The van der Waals surface area contributed by atoms with Crippen LogP contribution in [-0.2, 0) is 13.1 Å². The lowest BCUT2D eigenvalue weighted by molar-refractivity contribution is 0.0954. The number of thiophene rings is 1. The number of hydrogen-bond acceptors (Lipinski definition) is 5. The van der Waals surface area contributed by atoms with Crippen molar-refractivity contribution in [3.05, 3.63) is 81.9 Å². The molecule has 5 nitrogen and oxygen atoms in total. The van der Waals surface area contributed by atoms with Crippen molar-refractivity contribution in [3.8, 4) is 9.88 Å². The van der Waals surface area contributed by atoms with Gasteiger partial charge in [-0.2, -0.15) is 5.10 Å². The number of aromatic nitrogens is 3. The predicted octanol–water partition coefficient (Wildman–Crippen LogP) is 4.35. The van der Waals surface area contributed by atoms with Gasteiger partial charge in [-0.3, -0.25) is 9.48 Å². The summed E-state index contributed by atoms with van der Waals surface area (Å²) in [5.41, 5.74) is 2.99. The molecule has 3 aromatic heterocycles. The van der Waals surface area contributed by atoms with Crippen molar-refractivity contribution in [1.29, 1.82) is 0 Å². The smallest absolute Gasteiger partial charge is 0.263 e. The molecule has 0 spiro atoms. The van der Waals surface area contributed by atoms with Gasteiger partial charge in [-0.1, -0.05) is 30.3 Å². The molecule has 1 N–H and O–H groups in total. The molecule has 1 amide bonds. The van der Waals surface area contributed by atoms with E-state index in [2.05, 4.69) is 21.5 Å². The first-order chi connectivity index (χ1) is 13.2. The van der Waals surface area contributed by atoms with Crippen molar-refractivity contribution in [3.63, 3.8) is 0 Å². The van der Waals surface area contributed by atoms with Crippen LogP contribution < -0.4 is 5.32 Å². The molecule has 0 aliphatic heterocycles. The Morgan fingerprint density at radius 2 is 2.00 bits per heavy atom. The van der Waals surface area contributed by atoms with E-state index in [0.717, 1.165) is 26.7 Å². The van der Waals surface area contributed by atoms with Gasteiger partial charge in [0, 0.05) is 18.9 Å². The quantitative estimate of drug-likeness (QED) is 0.529. The van der Waals surface area contributed by atoms with Gasteiger partial charge >= 0.3 is 0 Å². The maximum absolute atomic E-state index is 12.7. The maximum atomic E-state index is 12.7. The molecule has 0 aliphatic carbocycles. The second-order valence-corrected chi connectivity index (χ2v) is 8.01. The summed E-state index contributed by atoms with van der Waals surface area (Å²) in [5, 5.41) is 10.2. The molecule has 0 saturated heterocycles. The van der Waals surface area contributed by atoms with Crippen LogP contribution in [0.5, 0.6) is 0 Å². The average molecular weight is 395 g/mol. The van der Waals surface area contributed by atoms with Crippen molar-refractivity contribution in [2.24, 2.45) is 0 Å². The van der Waals surface area contributed by atoms with Crippen LogP contribution in [0.4, 0.5) is 0 Å². The van der Waals surface area contributed by atoms with E-state index in [1.54, 1.807) is 17.5 Å². The van der Waals surface area contributed by atoms with Gasteiger partial charge in [-0.05, 0) is 35.6 Å². The lowest BCUT2D eigenvalue weighted by Gasteiger charge is -2.10. The van der Waals surface area contributed by atoms with Crippen molar-refractivity contribution >= 4 is 28.6 Å². The Balaban J connectivity index is 1.47. The normalized spacial score (nSPS) is 10.9. The van der Waals surface area contributed by atoms with Crippen molar-refractivity contribution in [2.75, 3.05) is 0 Å². The summed E-state index contributed by atoms with van der Waals surface area (Å²) < 4.78 is 1.88. The maximum Gasteiger partial charge on any atom is 0.263 e. The molecule has 3 heterocycles. The van der Waals surface area contributed by atoms with Crippen LogP contribution in [0.25, 0.3) is 9.88 Å². The van der Waals surface area contributed by atoms with E-state index in [0.29, 0.717) is 18.0 Å². The standard InChI is InChI=1S/C20H18N4OS2/c1-14-18(27-20(23-14)17-8-4-11-26-17)19(25)21-12-15-6-2-3-7-16(15)13-24-10-5-9-22-24/h2-11H,12-13H2,1H3,(H,21,25). The molecule has 0 fully saturated rings. The Morgan fingerprint density at radius 3 is 2.74 bits per heavy atom. The Bertz CT molecular complexity index is 1040. The summed E-state index contributed by atoms with van der Waals surface area (Å²) in [7, 11) is 0. The molecule has 0 radical (unpaired) electrons. The van der Waals surface area contributed by atoms with E-state index in [-0.39, 0.29) is 5.91 Å². The fourth-order valence-corrected chi connectivity index (χ4v) is 4.60. The highest BCUT2D eigenvalue weighted by atomic mass is 32.1. The third-order valence-corrected chi connectivity index (χ3v) is 6.38. The topological polar surface area (TPSA) is 59.8 Å². The van der Waals surface area contributed by atoms with Crippen LogP contribution in [0.1, 0.15) is 26.5 Å². The van der Waals surface area contributed by atoms with E-state index in [1.807, 2.05) is 59.6 Å². The van der Waals surface area contributed by atoms with E-state index < -0.39 is 0 Å². The predicted molar refractivity (Wildman–Crippen MR) is 109 cm³/mol. The van der Waals surface area contributed by atoms with E-state index in [4.69, 9.17) is 0 Å². The number of carbonyl (C=O) groups excluding carboxylic acids is 1. The zero-order chi connectivity index (χ0) is 18.6. The molecule has 4 rings (SSSR count). The Labute approximate surface area is 165 Å². The number of benzene rings is 1. The van der Waals surface area contributed by atoms with Gasteiger partial charge < -0.3 is 5.32 Å². The number of amides is 1. The number of aryl methyl sites for hydroxylation is 1. The molecular formula is C20H18N4OS2. The summed E-state index contributed by atoms with van der Waals surface area (Å²) in [4.78, 5) is 19.0. The number of nitrogens with zero attached hydrogens (tertiary/aromatic N) is 3. The van der Waals surface area contributed by atoms with Crippen LogP contribution in [0, 0.1) is 6.92 Å². The van der Waals surface area contributed by atoms with Crippen LogP contribution in [0.2, 0.25) is 0 Å². The van der Waals surface area contributed by atoms with E-state index in [1.165, 1.54) is 11.3 Å². The monoisotopic (exact) mass is 394 g/mol. The molecule has 0 bridgehead atoms. The zero-order valence-corrected chi connectivity index (χ0v) is 16.4. The van der Waals surface area contributed by atoms with Crippen LogP contribution >= 0.6 is 22.7 Å². The molecule has 136 valence electrons. The molecular weight excluding hydrogens is 376 g/mol. The lowest BCUT2D eigenvalue weighted by atomic mass is 10.1. The fraction of sp³-hybridized carbons (Fsp3) is 0.150. The SMILES string of the molecule is Cc1nc(-c2cccs2)sc1C(=O)NCc1ccccc1Cn1cccn1. The minimum atomic E-state index is -0.0818. The minimum Gasteiger partial charge on any atom is -0.347 e. The zero-order valence-electron chi connectivity index (χ0n) is 14.8. The Morgan fingerprint density at radius 1 is 1.15 bits per heavy atom. The third kappa shape index (κ3) is 3.99. The molecule has 27 heavy (non-hydrogen) atoms. The lowest BCUT2D eigenvalue weighted by Crippen LogP contribution is -2.23. The van der Waals surface area contributed by atoms with Crippen LogP contribution in [0.15, 0.2) is 60.2 Å². The largest absolute Gasteiger partial charge is 0.347 e. The van der Waals surface area contributed by atoms with Gasteiger partial charge in [0.15, 0.2) is 0 Å². The average Bonchev–Trinajstić information content (AvgIpc) is 3.42. The first kappa shape index (κ1) is 17.6. The summed E-state index contributed by atoms with van der Waals surface area (Å²) in [5.74, 6) is -0.0818. The number of rotatable bonds is 6. The van der Waals surface area contributed by atoms with Gasteiger partial charge in [0.25, 0.3) is 5.91 Å². The molecule has 0 aliphatic rings. The van der Waals surface area contributed by atoms with Gasteiger partial charge in [-0.25, -0.2) is 4.98 Å². The minimum absolute atomic E-state index is 0.0818. The summed E-state index contributed by atoms with van der Waals surface area (Å²) in [6, 6.07) is 14.0. The van der Waals surface area contributed by atoms with E-state index in [9.17, 15) is 4.79 Å². The van der Waals surface area contributed by atoms with Crippen molar-refractivity contribution < 1.29 is 4.79 Å². The van der Waals surface area contributed by atoms with Crippen molar-refractivity contribution in [1.82, 2.24) is 20.1 Å². The number of thiazole rings is 1. The second-order valence-electron chi connectivity index (χ2n) is 6.07. The Kier molecular flexibility index (Phi) is 5.13. The molecule has 0 atom stereocenters. The number of hydrogen-bond donors (Lipinski definition) is 1. The molecule has 1 aromatic carbocycles. The highest BCUT2D eigenvalue weighted by molar-refractivity contribution is 7.22. The highest BCUT2D eigenvalue weighted by Crippen LogP contribution is 2.31. The molecule has 4 aromatic rings. The van der Waals surface area contributed by atoms with Crippen LogP contribution in [0.3, 0.4) is 0 Å². The first-order valence-corrected chi connectivity index (χ1v) is 10.2. The van der Waals surface area contributed by atoms with Crippen LogP contribution in [-0.4, -0.2) is 20.7 Å². The summed E-state index contributed by atoms with van der Waals surface area (Å²) in [6.07, 6.45) is 3.70. The van der Waals surface area contributed by atoms with Crippen molar-refractivity contribution in [2.45, 2.75) is 20.0 Å². The van der Waals surface area contributed by atoms with Gasteiger partial charge in [0.2, 0.25) is 0 Å². The number of nitrogens with one attached hydrogen (secondary N) is 1. The molecule has 7 heteroatoms. The summed E-state index contributed by atoms with van der Waals surface area (Å²) in [6.45, 7) is 3.04. The summed E-state index contributed by atoms with van der Waals surface area (Å²) >= 11 is 3.07. The van der Waals surface area contributed by atoms with E-state index >= 15 is 0 Å². The molecule has 0 saturated carbocycles. The van der Waals surface area contributed by atoms with Gasteiger partial charge in [0.05, 0.1) is 17.1 Å². The highest BCUT2D eigenvalue weighted by Gasteiger charge is 2.17. The molecule has 0 unspecified atom stereocenters. The second kappa shape index (κ2) is 7.85. The first-order valence-electron chi connectivity index (χ1n) is 8.54. The van der Waals surface area contributed by atoms with Gasteiger partial charge in [0.1, 0.15) is 9.88 Å². The third-order valence-electron chi connectivity index (χ3n) is 4.18. The van der Waals surface area contributed by atoms with Gasteiger partial charge in [-0.15, -0.1) is 22.7 Å². The fourth-order valence-electron chi connectivity index (χ4n) is 2.82. The number of carbonyl (C=O) groups is 1.